The number of benzene rings is 2. The van der Waals surface area contributed by atoms with Gasteiger partial charge in [-0.3, -0.25) is 15.0 Å². The number of halogens is 2. The summed E-state index contributed by atoms with van der Waals surface area (Å²) in [7, 11) is 0. The zero-order valence-electron chi connectivity index (χ0n) is 15.1. The normalized spacial score (nSPS) is 10.9. The third kappa shape index (κ3) is 3.85. The molecule has 0 unspecified atom stereocenters. The van der Waals surface area contributed by atoms with Gasteiger partial charge in [-0.2, -0.15) is 4.68 Å². The van der Waals surface area contributed by atoms with Gasteiger partial charge in [0, 0.05) is 6.07 Å². The first-order valence-corrected chi connectivity index (χ1v) is 9.05. The van der Waals surface area contributed by atoms with Gasteiger partial charge in [0.1, 0.15) is 18.2 Å². The van der Waals surface area contributed by atoms with Gasteiger partial charge < -0.3 is 14.1 Å². The summed E-state index contributed by atoms with van der Waals surface area (Å²) < 4.78 is 38.1. The summed E-state index contributed by atoms with van der Waals surface area (Å²) in [6.07, 6.45) is 0. The van der Waals surface area contributed by atoms with Gasteiger partial charge in [-0.05, 0) is 48.6 Å². The van der Waals surface area contributed by atoms with Gasteiger partial charge in [-0.1, -0.05) is 12.1 Å². The van der Waals surface area contributed by atoms with Crippen molar-refractivity contribution in [3.8, 4) is 5.75 Å². The molecule has 0 aliphatic carbocycles. The van der Waals surface area contributed by atoms with E-state index in [1.807, 2.05) is 0 Å². The van der Waals surface area contributed by atoms with Crippen LogP contribution in [0.25, 0.3) is 10.9 Å². The van der Waals surface area contributed by atoms with Gasteiger partial charge in [-0.25, -0.2) is 8.78 Å². The third-order valence-electron chi connectivity index (χ3n) is 4.17. The minimum absolute atomic E-state index is 0.00829. The Kier molecular flexibility index (Phi) is 5.15. The Morgan fingerprint density at radius 2 is 1.97 bits per heavy atom. The summed E-state index contributed by atoms with van der Waals surface area (Å²) in [5.41, 5.74) is 2.43. The molecule has 2 aromatic heterocycles. The third-order valence-corrected chi connectivity index (χ3v) is 4.45. The monoisotopic (exact) mass is 429 g/mol. The molecule has 4 rings (SSSR count). The maximum absolute atomic E-state index is 13.6. The lowest BCUT2D eigenvalue weighted by Gasteiger charge is -2.08. The number of ether oxygens (including phenoxy) is 1. The van der Waals surface area contributed by atoms with Crippen LogP contribution in [0.15, 0.2) is 63.8 Å². The van der Waals surface area contributed by atoms with Gasteiger partial charge >= 0.3 is 5.91 Å². The maximum atomic E-state index is 13.6. The van der Waals surface area contributed by atoms with Crippen LogP contribution in [0.2, 0.25) is 0 Å². The number of nitrogens with zero attached hydrogens (tertiary/aromatic N) is 1. The molecule has 0 fully saturated rings. The van der Waals surface area contributed by atoms with Gasteiger partial charge in [-0.15, -0.1) is 0 Å². The van der Waals surface area contributed by atoms with Crippen molar-refractivity contribution < 1.29 is 22.7 Å². The largest absolute Gasteiger partial charge is 0.483 e. The first-order chi connectivity index (χ1) is 14.4. The van der Waals surface area contributed by atoms with Crippen molar-refractivity contribution in [3.63, 3.8) is 0 Å². The summed E-state index contributed by atoms with van der Waals surface area (Å²) in [5, 5.41) is 0.348. The van der Waals surface area contributed by atoms with E-state index in [1.54, 1.807) is 24.3 Å². The molecule has 1 amide bonds. The van der Waals surface area contributed by atoms with E-state index in [2.05, 4.69) is 10.4 Å². The highest BCUT2D eigenvalue weighted by Crippen LogP contribution is 2.19. The highest BCUT2D eigenvalue weighted by molar-refractivity contribution is 7.71. The molecule has 0 aliphatic heterocycles. The summed E-state index contributed by atoms with van der Waals surface area (Å²) >= 11 is 5.14. The first kappa shape index (κ1) is 19.5. The Hall–Kier alpha value is -3.79. The molecule has 0 aliphatic rings. The van der Waals surface area contributed by atoms with Gasteiger partial charge in [0.15, 0.2) is 22.1 Å². The summed E-state index contributed by atoms with van der Waals surface area (Å²) in [4.78, 5) is 27.9. The van der Waals surface area contributed by atoms with Crippen molar-refractivity contribution in [2.24, 2.45) is 0 Å². The number of carbonyl (C=O) groups is 1. The van der Waals surface area contributed by atoms with Crippen molar-refractivity contribution in [1.29, 1.82) is 0 Å². The fourth-order valence-electron chi connectivity index (χ4n) is 2.74. The fraction of sp³-hybridized carbons (Fsp3) is 0.0500. The van der Waals surface area contributed by atoms with E-state index >= 15 is 0 Å². The molecule has 0 bridgehead atoms. The first-order valence-electron chi connectivity index (χ1n) is 8.64. The summed E-state index contributed by atoms with van der Waals surface area (Å²) in [6, 6.07) is 12.5. The zero-order chi connectivity index (χ0) is 21.3. The molecule has 2 heterocycles. The minimum atomic E-state index is -0.857. The number of H-pyrrole nitrogens is 1. The van der Waals surface area contributed by atoms with Crippen LogP contribution in [0.3, 0.4) is 0 Å². The van der Waals surface area contributed by atoms with Crippen LogP contribution < -0.4 is 15.7 Å². The van der Waals surface area contributed by atoms with Crippen LogP contribution in [0.5, 0.6) is 5.75 Å². The molecular weight excluding hydrogens is 416 g/mol. The van der Waals surface area contributed by atoms with Crippen LogP contribution in [0, 0.1) is 16.4 Å². The highest BCUT2D eigenvalue weighted by atomic mass is 32.1. The average molecular weight is 429 g/mol. The second kappa shape index (κ2) is 7.91. The summed E-state index contributed by atoms with van der Waals surface area (Å²) in [6.45, 7) is -0.189. The topological polar surface area (TPSA) is 89.3 Å². The highest BCUT2D eigenvalue weighted by Gasteiger charge is 2.15. The number of nitrogens with one attached hydrogen (secondary N) is 2. The van der Waals surface area contributed by atoms with E-state index in [4.69, 9.17) is 21.4 Å². The fourth-order valence-corrected chi connectivity index (χ4v) is 2.98. The maximum Gasteiger partial charge on any atom is 0.305 e. The molecule has 152 valence electrons. The predicted molar refractivity (Wildman–Crippen MR) is 106 cm³/mol. The molecule has 0 atom stereocenters. The number of furan rings is 1. The molecule has 0 saturated carbocycles. The zero-order valence-corrected chi connectivity index (χ0v) is 16.0. The molecule has 2 aromatic carbocycles. The van der Waals surface area contributed by atoms with Gasteiger partial charge in [0.25, 0.3) is 5.56 Å². The van der Waals surface area contributed by atoms with E-state index in [0.29, 0.717) is 17.0 Å². The molecule has 30 heavy (non-hydrogen) atoms. The molecule has 0 saturated heterocycles. The van der Waals surface area contributed by atoms with E-state index in [1.165, 1.54) is 12.1 Å². The number of rotatable bonds is 5. The number of para-hydroxylation sites is 1. The smallest absolute Gasteiger partial charge is 0.305 e. The van der Waals surface area contributed by atoms with Crippen molar-refractivity contribution in [3.05, 3.63) is 92.9 Å². The number of hydrogen-bond donors (Lipinski definition) is 2. The number of aromatic nitrogens is 2. The molecule has 0 radical (unpaired) electrons. The Morgan fingerprint density at radius 1 is 1.17 bits per heavy atom. The van der Waals surface area contributed by atoms with Crippen molar-refractivity contribution in [2.45, 2.75) is 6.61 Å². The predicted octanol–water partition coefficient (Wildman–Crippen LogP) is 3.89. The van der Waals surface area contributed by atoms with E-state index in [-0.39, 0.29) is 28.6 Å². The number of aromatic amines is 1. The Balaban J connectivity index is 1.50. The minimum Gasteiger partial charge on any atom is -0.483 e. The van der Waals surface area contributed by atoms with Crippen molar-refractivity contribution in [2.75, 3.05) is 5.43 Å². The van der Waals surface area contributed by atoms with E-state index in [9.17, 15) is 18.4 Å². The van der Waals surface area contributed by atoms with Crippen molar-refractivity contribution in [1.82, 2.24) is 9.66 Å². The Bertz CT molecular complexity index is 1380. The molecule has 0 spiro atoms. The molecule has 4 aromatic rings. The Labute approximate surface area is 172 Å². The van der Waals surface area contributed by atoms with Crippen LogP contribution >= 0.6 is 12.2 Å². The Morgan fingerprint density at radius 3 is 2.77 bits per heavy atom. The number of amides is 1. The molecule has 7 nitrogen and oxygen atoms in total. The number of carbonyl (C=O) groups excluding carboxylic acids is 1. The molecule has 10 heteroatoms. The van der Waals surface area contributed by atoms with E-state index < -0.39 is 23.1 Å². The molecule has 2 N–H and O–H groups in total. The van der Waals surface area contributed by atoms with Crippen LogP contribution in [0.1, 0.15) is 16.3 Å². The SMILES string of the molecule is O=C(Nn1c(=S)[nH]c2ccccc2c1=O)c1ccc(COc2ccc(F)cc2F)o1. The summed E-state index contributed by atoms with van der Waals surface area (Å²) in [5.74, 6) is -2.34. The average Bonchev–Trinajstić information content (AvgIpc) is 3.19. The number of fused-ring (bicyclic) bond motifs is 1. The molecular formula is C20H13F2N3O4S. The standard InChI is InChI=1S/C20H13F2N3O4S/c21-11-5-7-16(14(22)9-11)28-10-12-6-8-17(29-12)18(26)24-25-19(27)13-3-1-2-4-15(13)23-20(25)30/h1-9H,10H2,(H,23,30)(H,24,26). The van der Waals surface area contributed by atoms with Crippen LogP contribution in [-0.4, -0.2) is 15.6 Å². The lowest BCUT2D eigenvalue weighted by atomic mass is 10.2. The van der Waals surface area contributed by atoms with Gasteiger partial charge in [0.2, 0.25) is 0 Å². The lowest BCUT2D eigenvalue weighted by molar-refractivity contribution is 0.0976. The van der Waals surface area contributed by atoms with Crippen LogP contribution in [0.4, 0.5) is 8.78 Å². The van der Waals surface area contributed by atoms with Gasteiger partial charge in [0.05, 0.1) is 10.9 Å². The van der Waals surface area contributed by atoms with Crippen LogP contribution in [-0.2, 0) is 6.61 Å². The van der Waals surface area contributed by atoms with Crippen molar-refractivity contribution >= 4 is 29.0 Å². The quantitative estimate of drug-likeness (QED) is 0.470. The second-order valence-corrected chi connectivity index (χ2v) is 6.57. The second-order valence-electron chi connectivity index (χ2n) is 6.19. The lowest BCUT2D eigenvalue weighted by Crippen LogP contribution is -2.34. The van der Waals surface area contributed by atoms with E-state index in [0.717, 1.165) is 16.8 Å². The number of hydrogen-bond acceptors (Lipinski definition) is 5.